The zero-order chi connectivity index (χ0) is 11.2. The summed E-state index contributed by atoms with van der Waals surface area (Å²) in [5.41, 5.74) is 0. The van der Waals surface area contributed by atoms with Crippen LogP contribution >= 0.6 is 0 Å². The first kappa shape index (κ1) is 10.1. The molecule has 2 aliphatic rings. The number of halogens is 2. The topological polar surface area (TPSA) is 51.0 Å². The van der Waals surface area contributed by atoms with Gasteiger partial charge in [0.25, 0.3) is 5.92 Å². The molecule has 1 unspecified atom stereocenters. The van der Waals surface area contributed by atoms with Gasteiger partial charge in [-0.15, -0.1) is 0 Å². The monoisotopic (exact) mass is 229 g/mol. The van der Waals surface area contributed by atoms with Crippen molar-refractivity contribution in [2.45, 2.75) is 43.6 Å². The number of nitrogens with one attached hydrogen (secondary N) is 1. The lowest BCUT2D eigenvalue weighted by atomic mass is 9.85. The molecule has 0 bridgehead atoms. The van der Waals surface area contributed by atoms with Gasteiger partial charge in [0.05, 0.1) is 12.6 Å². The predicted octanol–water partition coefficient (Wildman–Crippen LogP) is 2.01. The summed E-state index contributed by atoms with van der Waals surface area (Å²) in [6.07, 6.45) is 3.07. The summed E-state index contributed by atoms with van der Waals surface area (Å²) in [6, 6.07) is -0.465. The molecule has 1 aliphatic carbocycles. The molecular formula is C10H13F2N3O. The van der Waals surface area contributed by atoms with Crippen LogP contribution in [0.4, 0.5) is 8.78 Å². The lowest BCUT2D eigenvalue weighted by Crippen LogP contribution is -2.19. The highest BCUT2D eigenvalue weighted by molar-refractivity contribution is 5.04. The molecule has 4 nitrogen and oxygen atoms in total. The molecule has 2 heterocycles. The highest BCUT2D eigenvalue weighted by atomic mass is 19.3. The minimum absolute atomic E-state index is 0.239. The molecule has 1 aromatic heterocycles. The van der Waals surface area contributed by atoms with Gasteiger partial charge in [-0.05, 0) is 12.8 Å². The Morgan fingerprint density at radius 1 is 1.38 bits per heavy atom. The minimum Gasteiger partial charge on any atom is -0.339 e. The van der Waals surface area contributed by atoms with Crippen molar-refractivity contribution in [1.82, 2.24) is 15.5 Å². The molecule has 1 aliphatic heterocycles. The summed E-state index contributed by atoms with van der Waals surface area (Å²) in [7, 11) is 0. The van der Waals surface area contributed by atoms with Crippen LogP contribution in [0, 0.1) is 0 Å². The Hall–Kier alpha value is -1.04. The van der Waals surface area contributed by atoms with Crippen LogP contribution in [0.2, 0.25) is 0 Å². The summed E-state index contributed by atoms with van der Waals surface area (Å²) in [4.78, 5) is 4.21. The van der Waals surface area contributed by atoms with Crippen molar-refractivity contribution in [3.8, 4) is 0 Å². The normalized spacial score (nSPS) is 29.2. The van der Waals surface area contributed by atoms with Gasteiger partial charge in [-0.1, -0.05) is 11.6 Å². The average molecular weight is 229 g/mol. The Bertz CT molecular complexity index is 389. The van der Waals surface area contributed by atoms with Gasteiger partial charge in [-0.25, -0.2) is 8.78 Å². The maximum atomic E-state index is 13.0. The SMILES string of the molecule is FC1(F)CNC(c2noc(C3CCC3)n2)C1. The molecule has 3 rings (SSSR count). The zero-order valence-corrected chi connectivity index (χ0v) is 8.75. The number of aromatic nitrogens is 2. The summed E-state index contributed by atoms with van der Waals surface area (Å²) in [6.45, 7) is -0.301. The molecule has 1 saturated carbocycles. The van der Waals surface area contributed by atoms with Crippen LogP contribution in [-0.2, 0) is 0 Å². The van der Waals surface area contributed by atoms with E-state index < -0.39 is 12.0 Å². The molecule has 0 radical (unpaired) electrons. The molecule has 1 atom stereocenters. The first-order chi connectivity index (χ1) is 7.64. The van der Waals surface area contributed by atoms with Crippen LogP contribution in [0.3, 0.4) is 0 Å². The van der Waals surface area contributed by atoms with E-state index in [2.05, 4.69) is 15.5 Å². The molecule has 6 heteroatoms. The number of hydrogen-bond acceptors (Lipinski definition) is 4. The van der Waals surface area contributed by atoms with Crippen molar-refractivity contribution in [3.05, 3.63) is 11.7 Å². The maximum absolute atomic E-state index is 13.0. The second-order valence-corrected chi connectivity index (χ2v) is 4.61. The third-order valence-corrected chi connectivity index (χ3v) is 3.33. The Morgan fingerprint density at radius 2 is 2.19 bits per heavy atom. The van der Waals surface area contributed by atoms with Crippen LogP contribution in [0.15, 0.2) is 4.52 Å². The average Bonchev–Trinajstić information content (AvgIpc) is 2.69. The molecule has 2 fully saturated rings. The van der Waals surface area contributed by atoms with Gasteiger partial charge in [0.2, 0.25) is 5.89 Å². The van der Waals surface area contributed by atoms with Gasteiger partial charge in [0.1, 0.15) is 0 Å². The molecular weight excluding hydrogens is 216 g/mol. The van der Waals surface area contributed by atoms with Crippen molar-refractivity contribution in [3.63, 3.8) is 0 Å². The van der Waals surface area contributed by atoms with Crippen LogP contribution in [-0.4, -0.2) is 22.6 Å². The maximum Gasteiger partial charge on any atom is 0.262 e. The lowest BCUT2D eigenvalue weighted by molar-refractivity contribution is 0.0207. The first-order valence-corrected chi connectivity index (χ1v) is 5.59. The summed E-state index contributed by atoms with van der Waals surface area (Å²) in [5, 5.41) is 6.50. The largest absolute Gasteiger partial charge is 0.339 e. The van der Waals surface area contributed by atoms with Gasteiger partial charge in [0, 0.05) is 12.3 Å². The zero-order valence-electron chi connectivity index (χ0n) is 8.75. The second kappa shape index (κ2) is 3.48. The van der Waals surface area contributed by atoms with Crippen LogP contribution in [0.25, 0.3) is 0 Å². The van der Waals surface area contributed by atoms with E-state index in [0.29, 0.717) is 17.6 Å². The Labute approximate surface area is 91.4 Å². The summed E-state index contributed by atoms with van der Waals surface area (Å²) in [5.74, 6) is -1.32. The molecule has 88 valence electrons. The molecule has 1 N–H and O–H groups in total. The van der Waals surface area contributed by atoms with Crippen LogP contribution in [0.1, 0.15) is 49.4 Å². The van der Waals surface area contributed by atoms with E-state index >= 15 is 0 Å². The Morgan fingerprint density at radius 3 is 2.75 bits per heavy atom. The molecule has 1 saturated heterocycles. The summed E-state index contributed by atoms with van der Waals surface area (Å²) < 4.78 is 31.1. The van der Waals surface area contributed by atoms with Gasteiger partial charge in [-0.3, -0.25) is 0 Å². The van der Waals surface area contributed by atoms with Crippen molar-refractivity contribution >= 4 is 0 Å². The van der Waals surface area contributed by atoms with E-state index in [9.17, 15) is 8.78 Å². The fourth-order valence-electron chi connectivity index (χ4n) is 2.11. The van der Waals surface area contributed by atoms with Crippen molar-refractivity contribution in [2.24, 2.45) is 0 Å². The van der Waals surface area contributed by atoms with Crippen molar-refractivity contribution in [1.29, 1.82) is 0 Å². The highest BCUT2D eigenvalue weighted by Crippen LogP contribution is 2.37. The fraction of sp³-hybridized carbons (Fsp3) is 0.800. The molecule has 0 amide bonds. The molecule has 1 aromatic rings. The molecule has 16 heavy (non-hydrogen) atoms. The van der Waals surface area contributed by atoms with E-state index in [1.54, 1.807) is 0 Å². The predicted molar refractivity (Wildman–Crippen MR) is 51.2 cm³/mol. The number of rotatable bonds is 2. The Balaban J connectivity index is 1.72. The smallest absolute Gasteiger partial charge is 0.262 e. The number of alkyl halides is 2. The van der Waals surface area contributed by atoms with Crippen LogP contribution in [0.5, 0.6) is 0 Å². The first-order valence-electron chi connectivity index (χ1n) is 5.59. The summed E-state index contributed by atoms with van der Waals surface area (Å²) >= 11 is 0. The standard InChI is InChI=1S/C10H13F2N3O/c11-10(12)4-7(13-5-10)8-14-9(16-15-8)6-2-1-3-6/h6-7,13H,1-5H2. The quantitative estimate of drug-likeness (QED) is 0.842. The number of nitrogens with zero attached hydrogens (tertiary/aromatic N) is 2. The Kier molecular flexibility index (Phi) is 2.20. The van der Waals surface area contributed by atoms with Crippen molar-refractivity contribution in [2.75, 3.05) is 6.54 Å². The van der Waals surface area contributed by atoms with Gasteiger partial charge < -0.3 is 9.84 Å². The van der Waals surface area contributed by atoms with Gasteiger partial charge >= 0.3 is 0 Å². The minimum atomic E-state index is -2.65. The highest BCUT2D eigenvalue weighted by Gasteiger charge is 2.42. The number of hydrogen-bond donors (Lipinski definition) is 1. The van der Waals surface area contributed by atoms with E-state index in [1.165, 1.54) is 6.42 Å². The fourth-order valence-corrected chi connectivity index (χ4v) is 2.11. The molecule has 0 aromatic carbocycles. The van der Waals surface area contributed by atoms with E-state index in [-0.39, 0.29) is 13.0 Å². The van der Waals surface area contributed by atoms with Crippen LogP contribution < -0.4 is 5.32 Å². The van der Waals surface area contributed by atoms with E-state index in [4.69, 9.17) is 4.52 Å². The van der Waals surface area contributed by atoms with E-state index in [0.717, 1.165) is 12.8 Å². The second-order valence-electron chi connectivity index (χ2n) is 4.61. The van der Waals surface area contributed by atoms with Gasteiger partial charge in [0.15, 0.2) is 5.82 Å². The third-order valence-electron chi connectivity index (χ3n) is 3.33. The lowest BCUT2D eigenvalue weighted by Gasteiger charge is -2.20. The molecule has 0 spiro atoms. The van der Waals surface area contributed by atoms with Gasteiger partial charge in [-0.2, -0.15) is 4.98 Å². The van der Waals surface area contributed by atoms with E-state index in [1.807, 2.05) is 0 Å². The van der Waals surface area contributed by atoms with Crippen molar-refractivity contribution < 1.29 is 13.3 Å². The third kappa shape index (κ3) is 1.71.